The Morgan fingerprint density at radius 3 is 2.67 bits per heavy atom. The Bertz CT molecular complexity index is 1950. The van der Waals surface area contributed by atoms with E-state index in [4.69, 9.17) is 15.3 Å². The van der Waals surface area contributed by atoms with Crippen LogP contribution in [0.25, 0.3) is 11.0 Å². The molecule has 0 aliphatic carbocycles. The van der Waals surface area contributed by atoms with Gasteiger partial charge in [-0.2, -0.15) is 0 Å². The molecule has 3 aromatic heterocycles. The maximum atomic E-state index is 13.4. The Balaban J connectivity index is 1.38. The maximum Gasteiger partial charge on any atom is 0.512 e. The number of pyridine rings is 2. The third-order valence-electron chi connectivity index (χ3n) is 7.26. The van der Waals surface area contributed by atoms with Gasteiger partial charge in [0.15, 0.2) is 16.3 Å². The van der Waals surface area contributed by atoms with Gasteiger partial charge < -0.3 is 41.1 Å². The molecule has 2 unspecified atom stereocenters. The number of carbonyl (C=O) groups excluding carboxylic acids is 3. The lowest BCUT2D eigenvalue weighted by Crippen LogP contribution is -2.71. The van der Waals surface area contributed by atoms with Crippen LogP contribution in [0.2, 0.25) is 0 Å². The van der Waals surface area contributed by atoms with Crippen molar-refractivity contribution < 1.29 is 43.8 Å². The van der Waals surface area contributed by atoms with E-state index in [1.165, 1.54) is 37.2 Å². The Morgan fingerprint density at radius 2 is 2.02 bits per heavy atom. The summed E-state index contributed by atoms with van der Waals surface area (Å²) in [6.07, 6.45) is -0.00487. The van der Waals surface area contributed by atoms with Gasteiger partial charge in [-0.3, -0.25) is 24.1 Å². The van der Waals surface area contributed by atoms with Crippen molar-refractivity contribution in [2.24, 2.45) is 5.16 Å². The monoisotopic (exact) mass is 700 g/mol. The molecule has 0 spiro atoms. The summed E-state index contributed by atoms with van der Waals surface area (Å²) in [5.74, 6) is -3.95. The van der Waals surface area contributed by atoms with E-state index in [2.05, 4.69) is 30.7 Å². The van der Waals surface area contributed by atoms with E-state index in [-0.39, 0.29) is 45.8 Å². The summed E-state index contributed by atoms with van der Waals surface area (Å²) in [7, 11) is 0. The second-order valence-corrected chi connectivity index (χ2v) is 12.9. The van der Waals surface area contributed by atoms with Crippen LogP contribution in [0, 0.1) is 0 Å². The van der Waals surface area contributed by atoms with Crippen molar-refractivity contribution >= 4 is 74.8 Å². The lowest BCUT2D eigenvalue weighted by atomic mass is 10.0. The van der Waals surface area contributed by atoms with Crippen LogP contribution in [0.4, 0.5) is 9.93 Å². The molecule has 3 aromatic rings. The van der Waals surface area contributed by atoms with Crippen molar-refractivity contribution in [3.05, 3.63) is 62.8 Å². The van der Waals surface area contributed by atoms with Crippen LogP contribution >= 0.6 is 23.1 Å². The van der Waals surface area contributed by atoms with Crippen molar-refractivity contribution in [3.8, 4) is 0 Å². The van der Waals surface area contributed by atoms with E-state index in [1.54, 1.807) is 19.1 Å². The van der Waals surface area contributed by atoms with Crippen molar-refractivity contribution in [1.29, 1.82) is 0 Å². The first-order chi connectivity index (χ1) is 22.7. The molecule has 0 radical (unpaired) electrons. The topological polar surface area (TPSA) is 269 Å². The number of hydrogen-bond donors (Lipinski definition) is 6. The fourth-order valence-electron chi connectivity index (χ4n) is 4.70. The highest BCUT2D eigenvalue weighted by Gasteiger charge is 2.55. The van der Waals surface area contributed by atoms with Crippen LogP contribution in [0.3, 0.4) is 0 Å². The van der Waals surface area contributed by atoms with Crippen LogP contribution in [0.1, 0.15) is 43.4 Å². The van der Waals surface area contributed by atoms with E-state index in [0.29, 0.717) is 5.39 Å². The number of nitrogens with two attached hydrogens (primary N) is 1. The second kappa shape index (κ2) is 13.3. The molecule has 5 rings (SSSR count). The molecule has 5 heterocycles. The van der Waals surface area contributed by atoms with Crippen molar-refractivity contribution in [3.63, 3.8) is 0 Å². The molecule has 0 saturated carbocycles. The van der Waals surface area contributed by atoms with Gasteiger partial charge in [-0.1, -0.05) is 12.1 Å². The number of amides is 3. The molecule has 7 N–H and O–H groups in total. The minimum atomic E-state index is -1.81. The lowest BCUT2D eigenvalue weighted by Gasteiger charge is -2.49. The van der Waals surface area contributed by atoms with E-state index >= 15 is 0 Å². The lowest BCUT2D eigenvalue weighted by molar-refractivity contribution is -0.161. The van der Waals surface area contributed by atoms with Crippen molar-refractivity contribution in [2.75, 3.05) is 11.5 Å². The highest BCUT2D eigenvalue weighted by molar-refractivity contribution is 8.00. The number of nitrogen functional groups attached to an aromatic ring is 1. The first kappa shape index (κ1) is 33.9. The number of fused-ring (bicyclic) bond motifs is 2. The van der Waals surface area contributed by atoms with Gasteiger partial charge in [0.1, 0.15) is 28.5 Å². The number of nitrogens with one attached hydrogen (secondary N) is 3. The molecule has 2 aliphatic heterocycles. The number of carboxylic acids is 1. The minimum absolute atomic E-state index is 0.0294. The third-order valence-corrected chi connectivity index (χ3v) is 9.23. The number of ether oxygens (including phenoxy) is 1. The van der Waals surface area contributed by atoms with Gasteiger partial charge in [-0.05, 0) is 32.4 Å². The van der Waals surface area contributed by atoms with E-state index in [9.17, 15) is 39.0 Å². The number of nitrogens with zero attached hydrogens (tertiary/aromatic N) is 4. The smallest absolute Gasteiger partial charge is 0.478 e. The number of thiazole rings is 1. The largest absolute Gasteiger partial charge is 0.512 e. The number of aromatic nitrogens is 3. The number of oxime groups is 1. The molecule has 18 nitrogen and oxygen atoms in total. The van der Waals surface area contributed by atoms with Gasteiger partial charge in [0, 0.05) is 29.0 Å². The van der Waals surface area contributed by atoms with Crippen LogP contribution in [-0.4, -0.2) is 94.4 Å². The molecule has 20 heteroatoms. The summed E-state index contributed by atoms with van der Waals surface area (Å²) in [5, 5.41) is 28.8. The van der Waals surface area contributed by atoms with Crippen LogP contribution < -0.4 is 21.8 Å². The normalized spacial score (nSPS) is 18.4. The van der Waals surface area contributed by atoms with Gasteiger partial charge >= 0.3 is 12.1 Å². The number of H-pyrrole nitrogens is 1. The van der Waals surface area contributed by atoms with Crippen molar-refractivity contribution in [1.82, 2.24) is 30.5 Å². The molecular formula is C28H28N8O10S2. The quantitative estimate of drug-likeness (QED) is 0.0707. The molecule has 252 valence electrons. The number of hydrogen-bond acceptors (Lipinski definition) is 14. The zero-order valence-electron chi connectivity index (χ0n) is 25.4. The van der Waals surface area contributed by atoms with Crippen LogP contribution in [0.5, 0.6) is 0 Å². The third kappa shape index (κ3) is 6.65. The average Bonchev–Trinajstić information content (AvgIpc) is 3.47. The summed E-state index contributed by atoms with van der Waals surface area (Å²) in [6, 6.07) is 2.26. The summed E-state index contributed by atoms with van der Waals surface area (Å²) < 4.78 is 5.06. The number of aliphatic carboxylic acids is 1. The second-order valence-electron chi connectivity index (χ2n) is 10.9. The molecule has 3 atom stereocenters. The molecule has 2 aliphatic rings. The number of anilines is 1. The average molecular weight is 701 g/mol. The SMILES string of the molecule is CCC(NC(=O)c1cc(=O)c2cccnc2[nH]1)C1=C(OC(=O)O)N2C(=O)C(NC(=O)/C(=N\OC(C)(C)C(=O)O)c3csc(N)n3)[C@@H]2SC1. The maximum absolute atomic E-state index is 13.4. The zero-order valence-corrected chi connectivity index (χ0v) is 27.0. The fraction of sp³-hybridized carbons (Fsp3) is 0.321. The van der Waals surface area contributed by atoms with E-state index < -0.39 is 64.0 Å². The number of β-lactam (4-membered cyclic amide) rings is 1. The minimum Gasteiger partial charge on any atom is -0.478 e. The Hall–Kier alpha value is -5.50. The molecule has 1 saturated heterocycles. The Labute approximate surface area is 278 Å². The number of aromatic amines is 1. The van der Waals surface area contributed by atoms with Gasteiger partial charge in [-0.15, -0.1) is 23.1 Å². The number of thioether (sulfide) groups is 1. The van der Waals surface area contributed by atoms with Gasteiger partial charge in [0.25, 0.3) is 17.7 Å². The molecule has 0 aromatic carbocycles. The molecule has 48 heavy (non-hydrogen) atoms. The molecule has 0 bridgehead atoms. The first-order valence-corrected chi connectivity index (χ1v) is 16.0. The van der Waals surface area contributed by atoms with Crippen LogP contribution in [0.15, 0.2) is 51.2 Å². The Morgan fingerprint density at radius 1 is 1.27 bits per heavy atom. The summed E-state index contributed by atoms with van der Waals surface area (Å²) in [4.78, 5) is 92.8. The highest BCUT2D eigenvalue weighted by atomic mass is 32.2. The van der Waals surface area contributed by atoms with E-state index in [1.807, 2.05) is 0 Å². The molecule has 1 fully saturated rings. The van der Waals surface area contributed by atoms with Gasteiger partial charge in [-0.25, -0.2) is 19.6 Å². The van der Waals surface area contributed by atoms with Gasteiger partial charge in [0.05, 0.1) is 11.4 Å². The summed E-state index contributed by atoms with van der Waals surface area (Å²) in [6.45, 7) is 4.15. The number of carbonyl (C=O) groups is 5. The zero-order chi connectivity index (χ0) is 34.9. The number of rotatable bonds is 11. The molecular weight excluding hydrogens is 672 g/mol. The fourth-order valence-corrected chi connectivity index (χ4v) is 6.65. The van der Waals surface area contributed by atoms with Crippen molar-refractivity contribution in [2.45, 2.75) is 50.3 Å². The van der Waals surface area contributed by atoms with Gasteiger partial charge in [0.2, 0.25) is 11.5 Å². The predicted octanol–water partition coefficient (Wildman–Crippen LogP) is 1.06. The standard InChI is InChI=1S/C28H28N8O10S2/c1-4-13(32-20(38)14-8-16(37)11-6-5-7-30-19(11)31-14)12-9-47-24-18(22(40)36(24)23(12)45-27(43)44)34-21(39)17(15-10-48-26(29)33-15)35-46-28(2,3)25(41)42/h5-8,10,13,18,24H,4,9H2,1-3H3,(H2,29,33)(H,32,38)(H,34,39)(H,41,42)(H,43,44)(H,30,31,37)/b35-17-/t13?,18?,24-/m0/s1. The predicted molar refractivity (Wildman–Crippen MR) is 171 cm³/mol. The number of carboxylic acid groups (broad SMARTS) is 2. The first-order valence-electron chi connectivity index (χ1n) is 14.1. The highest BCUT2D eigenvalue weighted by Crippen LogP contribution is 2.42. The summed E-state index contributed by atoms with van der Waals surface area (Å²) in [5.41, 5.74) is 3.39. The Kier molecular flexibility index (Phi) is 9.39. The summed E-state index contributed by atoms with van der Waals surface area (Å²) >= 11 is 2.16. The molecule has 3 amide bonds. The van der Waals surface area contributed by atoms with E-state index in [0.717, 1.165) is 22.3 Å². The van der Waals surface area contributed by atoms with Crippen LogP contribution in [-0.2, 0) is 24.0 Å².